The molecule has 0 fully saturated rings. The lowest BCUT2D eigenvalue weighted by Gasteiger charge is -2.26. The topological polar surface area (TPSA) is 111 Å². The summed E-state index contributed by atoms with van der Waals surface area (Å²) >= 11 is 0. The maximum Gasteiger partial charge on any atom is 0.306 e. The van der Waals surface area contributed by atoms with Gasteiger partial charge < -0.3 is 33.3 Å². The molecule has 0 aliphatic heterocycles. The van der Waals surface area contributed by atoms with E-state index in [1.165, 1.54) is 109 Å². The number of carbonyl (C=O) groups excluding carboxylic acids is 3. The highest BCUT2D eigenvalue weighted by atomic mass is 16.7. The molecule has 0 saturated carbocycles. The normalized spacial score (nSPS) is 13.6. The highest BCUT2D eigenvalue weighted by Gasteiger charge is 2.22. The molecule has 2 unspecified atom stereocenters. The van der Waals surface area contributed by atoms with Crippen LogP contribution in [-0.4, -0.2) is 82.3 Å². The summed E-state index contributed by atoms with van der Waals surface area (Å²) in [5.74, 6) is -2.30. The van der Waals surface area contributed by atoms with E-state index in [1.807, 2.05) is 21.1 Å². The average Bonchev–Trinajstić information content (AvgIpc) is 3.46. The molecule has 0 amide bonds. The Morgan fingerprint density at radius 3 is 0.964 bits per heavy atom. The van der Waals surface area contributed by atoms with Crippen molar-refractivity contribution in [2.24, 2.45) is 0 Å². The summed E-state index contributed by atoms with van der Waals surface area (Å²) in [5.41, 5.74) is 0. The summed E-state index contributed by atoms with van der Waals surface area (Å²) in [7, 11) is 5.92. The van der Waals surface area contributed by atoms with Gasteiger partial charge in [-0.15, -0.1) is 0 Å². The number of ether oxygens (including phenoxy) is 4. The quantitative estimate of drug-likeness (QED) is 0.0195. The van der Waals surface area contributed by atoms with Crippen molar-refractivity contribution < 1.29 is 42.9 Å². The lowest BCUT2D eigenvalue weighted by molar-refractivity contribution is -0.870. The molecule has 0 aromatic carbocycles. The number of esters is 2. The van der Waals surface area contributed by atoms with Crippen LogP contribution in [0.1, 0.15) is 258 Å². The van der Waals surface area contributed by atoms with Crippen LogP contribution in [0.25, 0.3) is 0 Å². The van der Waals surface area contributed by atoms with E-state index in [0.717, 1.165) is 116 Å². The largest absolute Gasteiger partial charge is 0.545 e. The molecule has 0 aliphatic rings. The van der Waals surface area contributed by atoms with Crippen molar-refractivity contribution in [3.8, 4) is 0 Å². The number of aliphatic carboxylic acids is 1. The molecular weight excluding hydrogens is 1030 g/mol. The zero-order valence-corrected chi connectivity index (χ0v) is 53.8. The number of rotatable bonds is 60. The van der Waals surface area contributed by atoms with E-state index in [0.29, 0.717) is 17.4 Å². The number of carboxylic acids is 1. The molecule has 9 nitrogen and oxygen atoms in total. The van der Waals surface area contributed by atoms with Crippen molar-refractivity contribution in [2.45, 2.75) is 270 Å². The molecule has 83 heavy (non-hydrogen) atoms. The second-order valence-electron chi connectivity index (χ2n) is 23.0. The van der Waals surface area contributed by atoms with Gasteiger partial charge in [0, 0.05) is 12.8 Å². The Kier molecular flexibility index (Phi) is 60.0. The van der Waals surface area contributed by atoms with Crippen LogP contribution in [0.2, 0.25) is 0 Å². The Morgan fingerprint density at radius 2 is 0.651 bits per heavy atom. The molecule has 0 N–H and O–H groups in total. The van der Waals surface area contributed by atoms with Crippen LogP contribution in [0.3, 0.4) is 0 Å². The summed E-state index contributed by atoms with van der Waals surface area (Å²) in [4.78, 5) is 37.5. The lowest BCUT2D eigenvalue weighted by Crippen LogP contribution is -2.44. The monoisotopic (exact) mass is 1150 g/mol. The van der Waals surface area contributed by atoms with Gasteiger partial charge in [0.15, 0.2) is 12.4 Å². The van der Waals surface area contributed by atoms with Crippen molar-refractivity contribution in [3.63, 3.8) is 0 Å². The van der Waals surface area contributed by atoms with E-state index in [1.54, 1.807) is 0 Å². The first-order valence-corrected chi connectivity index (χ1v) is 33.3. The Morgan fingerprint density at radius 1 is 0.361 bits per heavy atom. The van der Waals surface area contributed by atoms with Crippen molar-refractivity contribution >= 4 is 17.9 Å². The SMILES string of the molecule is CC/C=C\C/C=C\C/C=C\C/C=C\C/C=C\C/C=C\CCCCCCCCCCCCC(=O)OC(COC(=O)CCCCCCCCCCCCCCC/C=C\C/C=C\C/C=C\C/C=C\C/C=C\CC)COC(OCC[N+](C)(C)C)C(=O)[O-]. The summed E-state index contributed by atoms with van der Waals surface area (Å²) in [6.45, 7) is 4.52. The number of hydrogen-bond acceptors (Lipinski definition) is 8. The first-order chi connectivity index (χ1) is 40.6. The highest BCUT2D eigenvalue weighted by Crippen LogP contribution is 2.16. The van der Waals surface area contributed by atoms with Crippen molar-refractivity contribution in [2.75, 3.05) is 47.5 Å². The molecule has 2 atom stereocenters. The summed E-state index contributed by atoms with van der Waals surface area (Å²) in [6.07, 6.45) is 88.0. The maximum absolute atomic E-state index is 12.9. The fourth-order valence-corrected chi connectivity index (χ4v) is 8.86. The standard InChI is InChI=1S/C74H123NO8/c1-6-8-10-12-14-16-18-20-22-24-26-28-30-32-34-36-38-40-42-44-46-48-50-52-54-56-58-60-62-64-71(76)81-68-70(69-82-74(73(78)79)80-67-66-75(3,4)5)83-72(77)65-63-61-59-57-55-53-51-49-47-45-43-41-39-37-35-33-31-29-27-25-23-21-19-17-15-13-11-9-7-2/h8-11,14-17,20-23,26-29,32-35,39,41,70,74H,6-7,12-13,18-19,24-25,30-31,36-38,40,42-69H2,1-5H3/b10-8-,11-9-,16-14-,17-15-,22-20-,23-21-,28-26-,29-27-,34-32-,35-33-,41-39-. The Balaban J connectivity index is 4.19. The van der Waals surface area contributed by atoms with Gasteiger partial charge in [0.25, 0.3) is 0 Å². The van der Waals surface area contributed by atoms with Gasteiger partial charge >= 0.3 is 11.9 Å². The van der Waals surface area contributed by atoms with E-state index in [2.05, 4.69) is 148 Å². The highest BCUT2D eigenvalue weighted by molar-refractivity contribution is 5.70. The van der Waals surface area contributed by atoms with Crippen molar-refractivity contribution in [1.29, 1.82) is 0 Å². The summed E-state index contributed by atoms with van der Waals surface area (Å²) < 4.78 is 22.8. The smallest absolute Gasteiger partial charge is 0.306 e. The van der Waals surface area contributed by atoms with E-state index in [4.69, 9.17) is 18.9 Å². The van der Waals surface area contributed by atoms with Crippen molar-refractivity contribution in [3.05, 3.63) is 134 Å². The molecule has 9 heteroatoms. The molecular formula is C74H123NO8. The number of carbonyl (C=O) groups is 3. The number of likely N-dealkylation sites (N-methyl/N-ethyl adjacent to an activating group) is 1. The molecule has 0 rings (SSSR count). The van der Waals surface area contributed by atoms with Gasteiger partial charge in [0.05, 0.1) is 40.3 Å². The second-order valence-corrected chi connectivity index (χ2v) is 23.0. The van der Waals surface area contributed by atoms with Gasteiger partial charge in [-0.2, -0.15) is 0 Å². The van der Waals surface area contributed by atoms with E-state index in [-0.39, 0.29) is 38.6 Å². The Bertz CT molecular complexity index is 1820. The minimum Gasteiger partial charge on any atom is -0.545 e. The zero-order valence-electron chi connectivity index (χ0n) is 53.8. The van der Waals surface area contributed by atoms with Crippen LogP contribution in [0.5, 0.6) is 0 Å². The molecule has 0 aliphatic carbocycles. The lowest BCUT2D eigenvalue weighted by atomic mass is 10.0. The minimum absolute atomic E-state index is 0.141. The van der Waals surface area contributed by atoms with Crippen molar-refractivity contribution in [1.82, 2.24) is 0 Å². The summed E-state index contributed by atoms with van der Waals surface area (Å²) in [5, 5.41) is 11.8. The molecule has 0 bridgehead atoms. The van der Waals surface area contributed by atoms with E-state index in [9.17, 15) is 19.5 Å². The van der Waals surface area contributed by atoms with Crippen LogP contribution < -0.4 is 5.11 Å². The molecule has 0 aromatic rings. The fraction of sp³-hybridized carbons (Fsp3) is 0.662. The molecule has 0 aromatic heterocycles. The van der Waals surface area contributed by atoms with Crippen LogP contribution in [0.15, 0.2) is 134 Å². The first-order valence-electron chi connectivity index (χ1n) is 33.3. The number of nitrogens with zero attached hydrogens (tertiary/aromatic N) is 1. The van der Waals surface area contributed by atoms with Gasteiger partial charge in [-0.25, -0.2) is 0 Å². The van der Waals surface area contributed by atoms with Crippen LogP contribution in [-0.2, 0) is 33.3 Å². The third-order valence-electron chi connectivity index (χ3n) is 13.9. The number of quaternary nitrogens is 1. The van der Waals surface area contributed by atoms with Crippen LogP contribution in [0, 0.1) is 0 Å². The Labute approximate surface area is 509 Å². The maximum atomic E-state index is 12.9. The average molecular weight is 1150 g/mol. The first kappa shape index (κ1) is 78.4. The third-order valence-corrected chi connectivity index (χ3v) is 13.9. The number of hydrogen-bond donors (Lipinski definition) is 0. The van der Waals surface area contributed by atoms with E-state index < -0.39 is 24.3 Å². The van der Waals surface area contributed by atoms with Gasteiger partial charge in [-0.3, -0.25) is 9.59 Å². The number of allylic oxidation sites excluding steroid dienone is 22. The number of carboxylic acid groups (broad SMARTS) is 1. The molecule has 0 radical (unpaired) electrons. The zero-order chi connectivity index (χ0) is 60.5. The second kappa shape index (κ2) is 63.5. The van der Waals surface area contributed by atoms with Crippen LogP contribution >= 0.6 is 0 Å². The summed E-state index contributed by atoms with van der Waals surface area (Å²) in [6, 6.07) is 0. The molecule has 472 valence electrons. The minimum atomic E-state index is -1.63. The molecule has 0 heterocycles. The fourth-order valence-electron chi connectivity index (χ4n) is 8.86. The van der Waals surface area contributed by atoms with Crippen LogP contribution in [0.4, 0.5) is 0 Å². The molecule has 0 saturated heterocycles. The van der Waals surface area contributed by atoms with E-state index >= 15 is 0 Å². The Hall–Kier alpha value is -4.57. The van der Waals surface area contributed by atoms with Gasteiger partial charge in [-0.1, -0.05) is 270 Å². The number of unbranched alkanes of at least 4 members (excludes halogenated alkanes) is 23. The third kappa shape index (κ3) is 64.8. The predicted molar refractivity (Wildman–Crippen MR) is 352 cm³/mol. The van der Waals surface area contributed by atoms with Gasteiger partial charge in [0.2, 0.25) is 0 Å². The van der Waals surface area contributed by atoms with Gasteiger partial charge in [-0.05, 0) is 109 Å². The van der Waals surface area contributed by atoms with Gasteiger partial charge in [0.1, 0.15) is 13.2 Å². The molecule has 0 spiro atoms. The predicted octanol–water partition coefficient (Wildman–Crippen LogP) is 19.2.